The average Bonchev–Trinajstić information content (AvgIpc) is 3.54. The van der Waals surface area contributed by atoms with Gasteiger partial charge in [-0.15, -0.1) is 0 Å². The van der Waals surface area contributed by atoms with E-state index in [-0.39, 0.29) is 22.9 Å². The number of hydrogen-bond donors (Lipinski definition) is 4. The van der Waals surface area contributed by atoms with Gasteiger partial charge in [-0.2, -0.15) is 0 Å². The van der Waals surface area contributed by atoms with Crippen molar-refractivity contribution in [2.24, 2.45) is 0 Å². The Hall–Kier alpha value is -4.98. The van der Waals surface area contributed by atoms with Gasteiger partial charge in [0.05, 0.1) is 23.9 Å². The summed E-state index contributed by atoms with van der Waals surface area (Å²) in [6.45, 7) is 0. The second kappa shape index (κ2) is 10.8. The fourth-order valence-corrected chi connectivity index (χ4v) is 3.26. The number of anilines is 2. The van der Waals surface area contributed by atoms with Crippen LogP contribution in [0, 0.1) is 0 Å². The summed E-state index contributed by atoms with van der Waals surface area (Å²) in [5.74, 6) is 0.0900. The van der Waals surface area contributed by atoms with Crippen LogP contribution in [0.3, 0.4) is 0 Å². The molecule has 2 heterocycles. The van der Waals surface area contributed by atoms with Crippen LogP contribution in [-0.2, 0) is 16.0 Å². The van der Waals surface area contributed by atoms with Crippen LogP contribution in [-0.4, -0.2) is 22.0 Å². The Bertz CT molecular complexity index is 1260. The number of carbonyl (C=O) groups is 2. The maximum Gasteiger partial charge on any atom is 0.248 e. The minimum Gasteiger partial charge on any atom is -0.506 e. The lowest BCUT2D eigenvalue weighted by molar-refractivity contribution is -0.112. The molecule has 4 rings (SSSR count). The Morgan fingerprint density at radius 3 is 1.54 bits per heavy atom. The number of furan rings is 2. The van der Waals surface area contributed by atoms with Gasteiger partial charge in [-0.05, 0) is 78.2 Å². The molecule has 0 aliphatic carbocycles. The first-order chi connectivity index (χ1) is 17.0. The highest BCUT2D eigenvalue weighted by Crippen LogP contribution is 2.28. The lowest BCUT2D eigenvalue weighted by Crippen LogP contribution is -2.08. The van der Waals surface area contributed by atoms with Crippen molar-refractivity contribution in [1.82, 2.24) is 0 Å². The average molecular weight is 470 g/mol. The largest absolute Gasteiger partial charge is 0.506 e. The zero-order valence-corrected chi connectivity index (χ0v) is 18.5. The van der Waals surface area contributed by atoms with Crippen molar-refractivity contribution in [3.63, 3.8) is 0 Å². The smallest absolute Gasteiger partial charge is 0.248 e. The molecule has 0 aliphatic rings. The monoisotopic (exact) mass is 470 g/mol. The number of nitrogens with one attached hydrogen (secondary N) is 2. The minimum absolute atomic E-state index is 0.0845. The van der Waals surface area contributed by atoms with Crippen LogP contribution in [0.1, 0.15) is 22.6 Å². The third-order valence-electron chi connectivity index (χ3n) is 4.93. The number of rotatable bonds is 8. The maximum atomic E-state index is 12.1. The SMILES string of the molecule is O=C(/C=C/c1ccco1)Nc1ccc(Cc2ccc(NC(=O)/C=C/c3ccco3)c(O)c2)cc1O. The third kappa shape index (κ3) is 6.52. The van der Waals surface area contributed by atoms with Crippen molar-refractivity contribution in [2.75, 3.05) is 10.6 Å². The van der Waals surface area contributed by atoms with E-state index in [9.17, 15) is 19.8 Å². The van der Waals surface area contributed by atoms with E-state index < -0.39 is 11.8 Å². The van der Waals surface area contributed by atoms with E-state index in [0.717, 1.165) is 11.1 Å². The summed E-state index contributed by atoms with van der Waals surface area (Å²) in [6, 6.07) is 16.7. The van der Waals surface area contributed by atoms with Gasteiger partial charge in [0.1, 0.15) is 23.0 Å². The molecule has 4 N–H and O–H groups in total. The van der Waals surface area contributed by atoms with Crippen LogP contribution in [0.5, 0.6) is 11.5 Å². The first kappa shape index (κ1) is 23.2. The predicted molar refractivity (Wildman–Crippen MR) is 132 cm³/mol. The summed E-state index contributed by atoms with van der Waals surface area (Å²) in [7, 11) is 0. The van der Waals surface area contributed by atoms with Gasteiger partial charge >= 0.3 is 0 Å². The van der Waals surface area contributed by atoms with E-state index in [2.05, 4.69) is 10.6 Å². The first-order valence-corrected chi connectivity index (χ1v) is 10.7. The van der Waals surface area contributed by atoms with Gasteiger partial charge in [0.25, 0.3) is 0 Å². The molecule has 176 valence electrons. The van der Waals surface area contributed by atoms with Crippen LogP contribution in [0.15, 0.2) is 94.2 Å². The normalized spacial score (nSPS) is 11.2. The Kier molecular flexibility index (Phi) is 7.13. The Morgan fingerprint density at radius 1 is 0.714 bits per heavy atom. The molecule has 2 aromatic heterocycles. The topological polar surface area (TPSA) is 125 Å². The van der Waals surface area contributed by atoms with Crippen molar-refractivity contribution in [2.45, 2.75) is 6.42 Å². The summed E-state index contributed by atoms with van der Waals surface area (Å²) >= 11 is 0. The van der Waals surface area contributed by atoms with Gasteiger partial charge in [-0.3, -0.25) is 9.59 Å². The number of aromatic hydroxyl groups is 2. The van der Waals surface area contributed by atoms with E-state index >= 15 is 0 Å². The van der Waals surface area contributed by atoms with E-state index in [4.69, 9.17) is 8.83 Å². The molecule has 0 atom stereocenters. The molecule has 0 unspecified atom stereocenters. The van der Waals surface area contributed by atoms with Crippen molar-refractivity contribution in [1.29, 1.82) is 0 Å². The number of carbonyl (C=O) groups excluding carboxylic acids is 2. The fraction of sp³-hybridized carbons (Fsp3) is 0.0370. The number of phenolic OH excluding ortho intramolecular Hbond substituents is 2. The van der Waals surface area contributed by atoms with E-state index in [1.807, 2.05) is 0 Å². The predicted octanol–water partition coefficient (Wildman–Crippen LogP) is 5.18. The van der Waals surface area contributed by atoms with Crippen LogP contribution >= 0.6 is 0 Å². The standard InChI is InChI=1S/C27H22N2O6/c30-24-16-18(5-9-22(24)28-26(32)11-7-20-3-1-13-34-20)15-19-6-10-23(25(31)17-19)29-27(33)12-8-21-4-2-14-35-21/h1-14,16-17,30-31H,15H2,(H,28,32)(H,29,33)/b11-7+,12-8+. The van der Waals surface area contributed by atoms with Crippen molar-refractivity contribution in [3.8, 4) is 11.5 Å². The first-order valence-electron chi connectivity index (χ1n) is 10.7. The van der Waals surface area contributed by atoms with Crippen LogP contribution in [0.25, 0.3) is 12.2 Å². The van der Waals surface area contributed by atoms with Gasteiger partial charge < -0.3 is 29.7 Å². The molecule has 2 amide bonds. The van der Waals surface area contributed by atoms with Gasteiger partial charge in [-0.1, -0.05) is 12.1 Å². The molecule has 35 heavy (non-hydrogen) atoms. The number of amides is 2. The van der Waals surface area contributed by atoms with E-state index in [0.29, 0.717) is 17.9 Å². The lowest BCUT2D eigenvalue weighted by Gasteiger charge is -2.10. The molecule has 0 radical (unpaired) electrons. The van der Waals surface area contributed by atoms with Gasteiger partial charge in [-0.25, -0.2) is 0 Å². The molecule has 0 aliphatic heterocycles. The second-order valence-electron chi connectivity index (χ2n) is 7.56. The highest BCUT2D eigenvalue weighted by atomic mass is 16.3. The van der Waals surface area contributed by atoms with Crippen LogP contribution in [0.2, 0.25) is 0 Å². The number of phenols is 2. The third-order valence-corrected chi connectivity index (χ3v) is 4.93. The van der Waals surface area contributed by atoms with Gasteiger partial charge in [0.15, 0.2) is 0 Å². The van der Waals surface area contributed by atoms with Crippen molar-refractivity contribution < 1.29 is 28.6 Å². The summed E-state index contributed by atoms with van der Waals surface area (Å²) < 4.78 is 10.3. The van der Waals surface area contributed by atoms with Crippen LogP contribution in [0.4, 0.5) is 11.4 Å². The minimum atomic E-state index is -0.411. The van der Waals surface area contributed by atoms with Gasteiger partial charge in [0.2, 0.25) is 11.8 Å². The molecule has 0 saturated heterocycles. The number of hydrogen-bond acceptors (Lipinski definition) is 6. The maximum absolute atomic E-state index is 12.1. The lowest BCUT2D eigenvalue weighted by atomic mass is 10.0. The molecule has 0 fully saturated rings. The zero-order chi connectivity index (χ0) is 24.6. The molecule has 4 aromatic rings. The Labute approximate surface area is 200 Å². The molecule has 8 heteroatoms. The molecular formula is C27H22N2O6. The molecule has 2 aromatic carbocycles. The van der Waals surface area contributed by atoms with Crippen molar-refractivity contribution in [3.05, 3.63) is 108 Å². The summed E-state index contributed by atoms with van der Waals surface area (Å²) in [5.41, 5.74) is 2.08. The fourth-order valence-electron chi connectivity index (χ4n) is 3.26. The molecule has 0 spiro atoms. The molecule has 8 nitrogen and oxygen atoms in total. The van der Waals surface area contributed by atoms with E-state index in [1.54, 1.807) is 48.5 Å². The Balaban J connectivity index is 1.35. The summed E-state index contributed by atoms with van der Waals surface area (Å²) in [4.78, 5) is 24.1. The summed E-state index contributed by atoms with van der Waals surface area (Å²) in [6.07, 6.45) is 9.09. The Morgan fingerprint density at radius 2 is 1.17 bits per heavy atom. The quantitative estimate of drug-likeness (QED) is 0.208. The van der Waals surface area contributed by atoms with E-state index in [1.165, 1.54) is 49.0 Å². The highest BCUT2D eigenvalue weighted by Gasteiger charge is 2.09. The summed E-state index contributed by atoms with van der Waals surface area (Å²) in [5, 5.41) is 25.9. The second-order valence-corrected chi connectivity index (χ2v) is 7.56. The number of benzene rings is 2. The zero-order valence-electron chi connectivity index (χ0n) is 18.5. The highest BCUT2D eigenvalue weighted by molar-refractivity contribution is 6.03. The molecule has 0 saturated carbocycles. The molecular weight excluding hydrogens is 448 g/mol. The van der Waals surface area contributed by atoms with Crippen LogP contribution < -0.4 is 10.6 Å². The van der Waals surface area contributed by atoms with Crippen molar-refractivity contribution >= 4 is 35.3 Å². The van der Waals surface area contributed by atoms with Gasteiger partial charge in [0, 0.05) is 12.2 Å². The molecule has 0 bridgehead atoms.